The van der Waals surface area contributed by atoms with Gasteiger partial charge in [-0.25, -0.2) is 9.59 Å². The van der Waals surface area contributed by atoms with Crippen LogP contribution in [0.2, 0.25) is 0 Å². The number of aliphatic carboxylic acids is 1. The first-order valence-electron chi connectivity index (χ1n) is 4.92. The van der Waals surface area contributed by atoms with E-state index < -0.39 is 29.1 Å². The number of carbonyl (C=O) groups is 2. The summed E-state index contributed by atoms with van der Waals surface area (Å²) >= 11 is 0. The van der Waals surface area contributed by atoms with Gasteiger partial charge in [-0.15, -0.1) is 12.3 Å². The Labute approximate surface area is 94.2 Å². The average Bonchev–Trinajstić information content (AvgIpc) is 2.76. The van der Waals surface area contributed by atoms with Crippen molar-refractivity contribution in [3.63, 3.8) is 0 Å². The first kappa shape index (κ1) is 12.4. The molecule has 0 heterocycles. The zero-order chi connectivity index (χ0) is 12.6. The van der Waals surface area contributed by atoms with E-state index in [1.165, 1.54) is 0 Å². The molecule has 0 aliphatic heterocycles. The lowest BCUT2D eigenvalue weighted by Gasteiger charge is -2.21. The van der Waals surface area contributed by atoms with E-state index in [0.717, 1.165) is 0 Å². The van der Waals surface area contributed by atoms with Gasteiger partial charge in [0, 0.05) is 0 Å². The molecule has 5 nitrogen and oxygen atoms in total. The van der Waals surface area contributed by atoms with Crippen LogP contribution in [0.4, 0.5) is 4.79 Å². The topological polar surface area (TPSA) is 75.6 Å². The van der Waals surface area contributed by atoms with E-state index in [1.54, 1.807) is 20.8 Å². The van der Waals surface area contributed by atoms with Crippen LogP contribution in [0.3, 0.4) is 0 Å². The Balaban J connectivity index is 2.64. The third-order valence-corrected chi connectivity index (χ3v) is 2.27. The smallest absolute Gasteiger partial charge is 0.408 e. The Morgan fingerprint density at radius 1 is 1.56 bits per heavy atom. The number of ether oxygens (including phenoxy) is 1. The molecule has 16 heavy (non-hydrogen) atoms. The van der Waals surface area contributed by atoms with Gasteiger partial charge in [0.15, 0.2) is 5.54 Å². The molecule has 1 amide bonds. The number of amides is 1. The van der Waals surface area contributed by atoms with Crippen molar-refractivity contribution < 1.29 is 19.4 Å². The molecule has 0 radical (unpaired) electrons. The number of carboxylic acids is 1. The van der Waals surface area contributed by atoms with E-state index in [2.05, 4.69) is 11.2 Å². The highest BCUT2D eigenvalue weighted by molar-refractivity contribution is 5.89. The molecule has 0 aromatic rings. The normalized spacial score (nSPS) is 27.8. The maximum atomic E-state index is 11.4. The second-order valence-electron chi connectivity index (χ2n) is 4.83. The van der Waals surface area contributed by atoms with Crippen molar-refractivity contribution in [3.8, 4) is 12.3 Å². The Morgan fingerprint density at radius 3 is 2.44 bits per heavy atom. The number of alkyl carbamates (subject to hydrolysis) is 1. The maximum absolute atomic E-state index is 11.4. The van der Waals surface area contributed by atoms with Gasteiger partial charge >= 0.3 is 12.1 Å². The number of hydrogen-bond acceptors (Lipinski definition) is 3. The summed E-state index contributed by atoms with van der Waals surface area (Å²) in [6.45, 7) is 5.10. The fourth-order valence-electron chi connectivity index (χ4n) is 1.38. The van der Waals surface area contributed by atoms with Crippen LogP contribution in [0.15, 0.2) is 0 Å². The largest absolute Gasteiger partial charge is 0.479 e. The summed E-state index contributed by atoms with van der Waals surface area (Å²) in [5, 5.41) is 11.3. The van der Waals surface area contributed by atoms with Gasteiger partial charge < -0.3 is 15.2 Å². The minimum atomic E-state index is -1.34. The van der Waals surface area contributed by atoms with E-state index in [0.29, 0.717) is 0 Å². The summed E-state index contributed by atoms with van der Waals surface area (Å²) in [5.41, 5.74) is -2.00. The zero-order valence-electron chi connectivity index (χ0n) is 9.53. The molecule has 1 aliphatic carbocycles. The van der Waals surface area contributed by atoms with Crippen LogP contribution in [-0.4, -0.2) is 28.3 Å². The molecule has 0 saturated heterocycles. The lowest BCUT2D eigenvalue weighted by Crippen LogP contribution is -2.46. The van der Waals surface area contributed by atoms with Crippen molar-refractivity contribution in [1.29, 1.82) is 0 Å². The predicted molar refractivity (Wildman–Crippen MR) is 56.7 cm³/mol. The highest BCUT2D eigenvalue weighted by Crippen LogP contribution is 2.43. The first-order valence-corrected chi connectivity index (χ1v) is 4.92. The summed E-state index contributed by atoms with van der Waals surface area (Å²) in [7, 11) is 0. The molecular weight excluding hydrogens is 210 g/mol. The second-order valence-corrected chi connectivity index (χ2v) is 4.83. The third-order valence-electron chi connectivity index (χ3n) is 2.27. The molecule has 2 N–H and O–H groups in total. The molecule has 2 atom stereocenters. The SMILES string of the molecule is C#C[C@H]1C[C@]1(NC(=O)OC(C)(C)C)C(=O)O. The van der Waals surface area contributed by atoms with Crippen LogP contribution in [0.1, 0.15) is 27.2 Å². The summed E-state index contributed by atoms with van der Waals surface area (Å²) in [4.78, 5) is 22.4. The van der Waals surface area contributed by atoms with Crippen molar-refractivity contribution in [2.24, 2.45) is 5.92 Å². The Hall–Kier alpha value is -1.70. The molecule has 1 saturated carbocycles. The number of hydrogen-bond donors (Lipinski definition) is 2. The van der Waals surface area contributed by atoms with Gasteiger partial charge in [0.2, 0.25) is 0 Å². The van der Waals surface area contributed by atoms with Crippen LogP contribution < -0.4 is 5.32 Å². The van der Waals surface area contributed by atoms with Crippen molar-refractivity contribution in [1.82, 2.24) is 5.32 Å². The van der Waals surface area contributed by atoms with Crippen molar-refractivity contribution in [2.45, 2.75) is 38.3 Å². The van der Waals surface area contributed by atoms with Crippen LogP contribution in [0.25, 0.3) is 0 Å². The molecular formula is C11H15NO4. The fourth-order valence-corrected chi connectivity index (χ4v) is 1.38. The highest BCUT2D eigenvalue weighted by atomic mass is 16.6. The molecule has 0 bridgehead atoms. The standard InChI is InChI=1S/C11H15NO4/c1-5-7-6-11(7,8(13)14)12-9(15)16-10(2,3)4/h1,7H,6H2,2-4H3,(H,12,15)(H,13,14)/t7-,11+/m0/s1. The van der Waals surface area contributed by atoms with Gasteiger partial charge in [0.05, 0.1) is 5.92 Å². The molecule has 1 aliphatic rings. The van der Waals surface area contributed by atoms with E-state index in [4.69, 9.17) is 16.3 Å². The molecule has 0 unspecified atom stereocenters. The minimum Gasteiger partial charge on any atom is -0.479 e. The van der Waals surface area contributed by atoms with Gasteiger partial charge in [0.25, 0.3) is 0 Å². The molecule has 0 aromatic heterocycles. The summed E-state index contributed by atoms with van der Waals surface area (Å²) in [6, 6.07) is 0. The summed E-state index contributed by atoms with van der Waals surface area (Å²) in [5.74, 6) is 0.744. The van der Waals surface area contributed by atoms with Crippen LogP contribution >= 0.6 is 0 Å². The molecule has 0 aromatic carbocycles. The molecule has 88 valence electrons. The maximum Gasteiger partial charge on any atom is 0.408 e. The number of carboxylic acid groups (broad SMARTS) is 1. The lowest BCUT2D eigenvalue weighted by atomic mass is 10.2. The number of carbonyl (C=O) groups excluding carboxylic acids is 1. The van der Waals surface area contributed by atoms with E-state index in [-0.39, 0.29) is 6.42 Å². The van der Waals surface area contributed by atoms with Crippen LogP contribution in [0.5, 0.6) is 0 Å². The predicted octanol–water partition coefficient (Wildman–Crippen LogP) is 0.988. The number of rotatable bonds is 2. The Morgan fingerprint density at radius 2 is 2.12 bits per heavy atom. The highest BCUT2D eigenvalue weighted by Gasteiger charge is 2.61. The molecule has 1 rings (SSSR count). The number of terminal acetylenes is 1. The zero-order valence-corrected chi connectivity index (χ0v) is 9.53. The Kier molecular flexibility index (Phi) is 2.87. The quantitative estimate of drug-likeness (QED) is 0.687. The van der Waals surface area contributed by atoms with E-state index in [9.17, 15) is 9.59 Å². The van der Waals surface area contributed by atoms with Gasteiger partial charge in [-0.3, -0.25) is 0 Å². The average molecular weight is 225 g/mol. The summed E-state index contributed by atoms with van der Waals surface area (Å²) in [6.07, 6.45) is 4.64. The van der Waals surface area contributed by atoms with Crippen LogP contribution in [-0.2, 0) is 9.53 Å². The van der Waals surface area contributed by atoms with E-state index in [1.807, 2.05) is 0 Å². The fraction of sp³-hybridized carbons (Fsp3) is 0.636. The first-order chi connectivity index (χ1) is 7.21. The van der Waals surface area contributed by atoms with Crippen LogP contribution in [0, 0.1) is 18.3 Å². The van der Waals surface area contributed by atoms with Crippen molar-refractivity contribution in [3.05, 3.63) is 0 Å². The number of nitrogens with one attached hydrogen (secondary N) is 1. The van der Waals surface area contributed by atoms with Crippen molar-refractivity contribution >= 4 is 12.1 Å². The van der Waals surface area contributed by atoms with Gasteiger partial charge in [-0.05, 0) is 27.2 Å². The second kappa shape index (κ2) is 3.71. The lowest BCUT2D eigenvalue weighted by molar-refractivity contribution is -0.141. The van der Waals surface area contributed by atoms with Gasteiger partial charge in [-0.1, -0.05) is 0 Å². The molecule has 1 fully saturated rings. The van der Waals surface area contributed by atoms with E-state index >= 15 is 0 Å². The minimum absolute atomic E-state index is 0.248. The van der Waals surface area contributed by atoms with Gasteiger partial charge in [0.1, 0.15) is 5.60 Å². The Bertz CT molecular complexity index is 363. The third kappa shape index (κ3) is 2.45. The molecule has 0 spiro atoms. The van der Waals surface area contributed by atoms with Gasteiger partial charge in [-0.2, -0.15) is 0 Å². The summed E-state index contributed by atoms with van der Waals surface area (Å²) < 4.78 is 4.97. The monoisotopic (exact) mass is 225 g/mol. The van der Waals surface area contributed by atoms with Crippen molar-refractivity contribution in [2.75, 3.05) is 0 Å². The molecule has 5 heteroatoms.